The van der Waals surface area contributed by atoms with Crippen molar-refractivity contribution in [3.05, 3.63) is 74.6 Å². The second-order valence-electron chi connectivity index (χ2n) is 6.05. The molecule has 0 saturated heterocycles. The number of carbonyl (C=O) groups excluding carboxylic acids is 1. The molecule has 0 saturated carbocycles. The van der Waals surface area contributed by atoms with Crippen molar-refractivity contribution in [3.8, 4) is 5.75 Å². The molecule has 0 aliphatic rings. The standard InChI is InChI=1S/C20H18O5/c1-11-5-7-16-15(9-18(22)25-19(16)13(11)3)10-24-20(23)14-6-4-12(2)17(21)8-14/h4-9,21H,10H2,1-3H3. The Balaban J connectivity index is 1.90. The number of hydrogen-bond donors (Lipinski definition) is 1. The third-order valence-corrected chi connectivity index (χ3v) is 4.32. The maximum Gasteiger partial charge on any atom is 0.338 e. The minimum Gasteiger partial charge on any atom is -0.508 e. The topological polar surface area (TPSA) is 76.7 Å². The van der Waals surface area contributed by atoms with E-state index in [2.05, 4.69) is 0 Å². The lowest BCUT2D eigenvalue weighted by Gasteiger charge is -2.10. The number of rotatable bonds is 3. The number of aromatic hydroxyl groups is 1. The maximum absolute atomic E-state index is 12.2. The molecule has 0 radical (unpaired) electrons. The number of fused-ring (bicyclic) bond motifs is 1. The molecule has 1 heterocycles. The van der Waals surface area contributed by atoms with Gasteiger partial charge in [0.25, 0.3) is 0 Å². The molecule has 0 spiro atoms. The van der Waals surface area contributed by atoms with Crippen LogP contribution in [0.25, 0.3) is 11.0 Å². The number of ether oxygens (including phenoxy) is 1. The van der Waals surface area contributed by atoms with E-state index in [1.807, 2.05) is 26.0 Å². The first-order valence-electron chi connectivity index (χ1n) is 7.86. The fourth-order valence-electron chi connectivity index (χ4n) is 2.61. The minimum absolute atomic E-state index is 0.0337. The fraction of sp³-hybridized carbons (Fsp3) is 0.200. The van der Waals surface area contributed by atoms with Crippen LogP contribution in [-0.2, 0) is 11.3 Å². The van der Waals surface area contributed by atoms with Crippen LogP contribution in [-0.4, -0.2) is 11.1 Å². The van der Waals surface area contributed by atoms with Crippen LogP contribution < -0.4 is 5.63 Å². The molecular formula is C20H18O5. The summed E-state index contributed by atoms with van der Waals surface area (Å²) >= 11 is 0. The van der Waals surface area contributed by atoms with Crippen molar-refractivity contribution in [2.75, 3.05) is 0 Å². The van der Waals surface area contributed by atoms with E-state index >= 15 is 0 Å². The largest absolute Gasteiger partial charge is 0.508 e. The van der Waals surface area contributed by atoms with Gasteiger partial charge in [-0.2, -0.15) is 0 Å². The zero-order chi connectivity index (χ0) is 18.1. The van der Waals surface area contributed by atoms with E-state index in [4.69, 9.17) is 9.15 Å². The van der Waals surface area contributed by atoms with Crippen LogP contribution in [0, 0.1) is 20.8 Å². The molecule has 0 aliphatic carbocycles. The third kappa shape index (κ3) is 3.26. The van der Waals surface area contributed by atoms with E-state index in [-0.39, 0.29) is 17.9 Å². The summed E-state index contributed by atoms with van der Waals surface area (Å²) in [6.45, 7) is 5.50. The van der Waals surface area contributed by atoms with Gasteiger partial charge in [-0.15, -0.1) is 0 Å². The predicted octanol–water partition coefficient (Wildman–Crippen LogP) is 3.78. The second-order valence-corrected chi connectivity index (χ2v) is 6.05. The van der Waals surface area contributed by atoms with E-state index in [9.17, 15) is 14.7 Å². The van der Waals surface area contributed by atoms with Crippen molar-refractivity contribution in [3.63, 3.8) is 0 Å². The highest BCUT2D eigenvalue weighted by atomic mass is 16.5. The smallest absolute Gasteiger partial charge is 0.338 e. The molecule has 128 valence electrons. The first-order chi connectivity index (χ1) is 11.9. The van der Waals surface area contributed by atoms with Gasteiger partial charge in [0.15, 0.2) is 0 Å². The quantitative estimate of drug-likeness (QED) is 0.581. The molecule has 0 atom stereocenters. The molecule has 5 nitrogen and oxygen atoms in total. The van der Waals surface area contributed by atoms with Crippen molar-refractivity contribution in [1.82, 2.24) is 0 Å². The molecular weight excluding hydrogens is 320 g/mol. The lowest BCUT2D eigenvalue weighted by molar-refractivity contribution is 0.0473. The van der Waals surface area contributed by atoms with Gasteiger partial charge in [-0.3, -0.25) is 0 Å². The van der Waals surface area contributed by atoms with Crippen molar-refractivity contribution in [2.45, 2.75) is 27.4 Å². The molecule has 0 unspecified atom stereocenters. The Morgan fingerprint density at radius 1 is 1.08 bits per heavy atom. The summed E-state index contributed by atoms with van der Waals surface area (Å²) in [7, 11) is 0. The molecule has 0 bridgehead atoms. The highest BCUT2D eigenvalue weighted by molar-refractivity contribution is 5.90. The zero-order valence-electron chi connectivity index (χ0n) is 14.3. The van der Waals surface area contributed by atoms with Crippen molar-refractivity contribution in [2.24, 2.45) is 0 Å². The van der Waals surface area contributed by atoms with Gasteiger partial charge in [-0.25, -0.2) is 9.59 Å². The number of carbonyl (C=O) groups is 1. The Kier molecular flexibility index (Phi) is 4.31. The lowest BCUT2D eigenvalue weighted by atomic mass is 10.0. The average molecular weight is 338 g/mol. The highest BCUT2D eigenvalue weighted by Gasteiger charge is 2.13. The van der Waals surface area contributed by atoms with Crippen LogP contribution in [0.2, 0.25) is 0 Å². The summed E-state index contributed by atoms with van der Waals surface area (Å²) in [5.74, 6) is -0.535. The van der Waals surface area contributed by atoms with Gasteiger partial charge in [-0.1, -0.05) is 18.2 Å². The fourth-order valence-corrected chi connectivity index (χ4v) is 2.61. The lowest BCUT2D eigenvalue weighted by Crippen LogP contribution is -2.08. The molecule has 1 N–H and O–H groups in total. The normalized spacial score (nSPS) is 10.8. The highest BCUT2D eigenvalue weighted by Crippen LogP contribution is 2.24. The number of phenols is 1. The van der Waals surface area contributed by atoms with E-state index in [1.165, 1.54) is 12.1 Å². The molecule has 5 heteroatoms. The van der Waals surface area contributed by atoms with Gasteiger partial charge in [0, 0.05) is 17.0 Å². The van der Waals surface area contributed by atoms with Crippen LogP contribution in [0.4, 0.5) is 0 Å². The molecule has 3 rings (SSSR count). The van der Waals surface area contributed by atoms with Gasteiger partial charge in [-0.05, 0) is 49.6 Å². The van der Waals surface area contributed by atoms with Gasteiger partial charge in [0.1, 0.15) is 17.9 Å². The first kappa shape index (κ1) is 16.8. The van der Waals surface area contributed by atoms with E-state index < -0.39 is 11.6 Å². The molecule has 2 aromatic carbocycles. The Morgan fingerprint density at radius 2 is 1.80 bits per heavy atom. The summed E-state index contributed by atoms with van der Waals surface area (Å²) < 4.78 is 10.6. The van der Waals surface area contributed by atoms with E-state index in [1.54, 1.807) is 19.1 Å². The predicted molar refractivity (Wildman–Crippen MR) is 93.9 cm³/mol. The van der Waals surface area contributed by atoms with Crippen molar-refractivity contribution < 1.29 is 19.1 Å². The van der Waals surface area contributed by atoms with E-state index in [0.29, 0.717) is 16.7 Å². The Labute approximate surface area is 144 Å². The summed E-state index contributed by atoms with van der Waals surface area (Å²) in [6, 6.07) is 9.70. The Bertz CT molecular complexity index is 1030. The monoisotopic (exact) mass is 338 g/mol. The van der Waals surface area contributed by atoms with Gasteiger partial charge < -0.3 is 14.3 Å². The summed E-state index contributed by atoms with van der Waals surface area (Å²) in [4.78, 5) is 24.0. The summed E-state index contributed by atoms with van der Waals surface area (Å²) in [5.41, 5.74) is 3.42. The number of hydrogen-bond acceptors (Lipinski definition) is 5. The molecule has 3 aromatic rings. The number of benzene rings is 2. The van der Waals surface area contributed by atoms with Crippen LogP contribution in [0.3, 0.4) is 0 Å². The molecule has 0 amide bonds. The minimum atomic E-state index is -0.569. The van der Waals surface area contributed by atoms with Gasteiger partial charge in [0.2, 0.25) is 0 Å². The zero-order valence-corrected chi connectivity index (χ0v) is 14.3. The number of esters is 1. The van der Waals surface area contributed by atoms with Crippen molar-refractivity contribution >= 4 is 16.9 Å². The number of aryl methyl sites for hydroxylation is 3. The Hall–Kier alpha value is -3.08. The second kappa shape index (κ2) is 6.43. The SMILES string of the molecule is Cc1ccc(C(=O)OCc2cc(=O)oc3c(C)c(C)ccc23)cc1O. The van der Waals surface area contributed by atoms with Gasteiger partial charge in [0.05, 0.1) is 5.56 Å². The summed E-state index contributed by atoms with van der Waals surface area (Å²) in [6.07, 6.45) is 0. The summed E-state index contributed by atoms with van der Waals surface area (Å²) in [5, 5.41) is 10.4. The number of phenolic OH excluding ortho intramolecular Hbond substituents is 1. The van der Waals surface area contributed by atoms with E-state index in [0.717, 1.165) is 16.5 Å². The molecule has 0 fully saturated rings. The molecule has 25 heavy (non-hydrogen) atoms. The van der Waals surface area contributed by atoms with Crippen LogP contribution in [0.5, 0.6) is 5.75 Å². The third-order valence-electron chi connectivity index (χ3n) is 4.32. The maximum atomic E-state index is 12.2. The molecule has 1 aromatic heterocycles. The van der Waals surface area contributed by atoms with Crippen LogP contribution in [0.1, 0.15) is 32.6 Å². The van der Waals surface area contributed by atoms with Gasteiger partial charge >= 0.3 is 11.6 Å². The van der Waals surface area contributed by atoms with Crippen LogP contribution >= 0.6 is 0 Å². The first-order valence-corrected chi connectivity index (χ1v) is 7.86. The molecule has 0 aliphatic heterocycles. The average Bonchev–Trinajstić information content (AvgIpc) is 2.58. The van der Waals surface area contributed by atoms with Crippen LogP contribution in [0.15, 0.2) is 45.6 Å². The Morgan fingerprint density at radius 3 is 2.52 bits per heavy atom. The van der Waals surface area contributed by atoms with Crippen molar-refractivity contribution in [1.29, 1.82) is 0 Å².